The van der Waals surface area contributed by atoms with Crippen LogP contribution in [0.2, 0.25) is 0 Å². The molecule has 1 heterocycles. The zero-order chi connectivity index (χ0) is 12.5. The molecule has 0 unspecified atom stereocenters. The second-order valence-electron chi connectivity index (χ2n) is 3.95. The van der Waals surface area contributed by atoms with Gasteiger partial charge in [-0.25, -0.2) is 9.89 Å². The van der Waals surface area contributed by atoms with E-state index < -0.39 is 0 Å². The van der Waals surface area contributed by atoms with Crippen molar-refractivity contribution in [3.8, 4) is 0 Å². The fourth-order valence-electron chi connectivity index (χ4n) is 1.57. The molecule has 0 saturated carbocycles. The van der Waals surface area contributed by atoms with E-state index in [1.165, 1.54) is 25.7 Å². The van der Waals surface area contributed by atoms with E-state index in [1.54, 1.807) is 16.3 Å². The molecule has 0 saturated heterocycles. The maximum absolute atomic E-state index is 11.4. The van der Waals surface area contributed by atoms with Crippen molar-refractivity contribution in [1.29, 1.82) is 0 Å². The Kier molecular flexibility index (Phi) is 7.51. The van der Waals surface area contributed by atoms with Crippen LogP contribution in [0.1, 0.15) is 39.0 Å². The number of H-pyrrole nitrogens is 1. The number of aromatic amines is 1. The Labute approximate surface area is 112 Å². The van der Waals surface area contributed by atoms with Crippen LogP contribution in [0, 0.1) is 0 Å². The highest BCUT2D eigenvalue weighted by Gasteiger charge is 2.07. The van der Waals surface area contributed by atoms with Gasteiger partial charge in [0, 0.05) is 12.3 Å². The van der Waals surface area contributed by atoms with Gasteiger partial charge in [0.05, 0.1) is 0 Å². The van der Waals surface area contributed by atoms with Gasteiger partial charge in [-0.15, -0.1) is 5.10 Å². The van der Waals surface area contributed by atoms with Crippen molar-refractivity contribution < 1.29 is 0 Å². The molecular formula is C11H21N3OS2. The van der Waals surface area contributed by atoms with E-state index in [0.29, 0.717) is 0 Å². The number of unbranched alkanes of at least 4 members (excludes halogenated alkanes) is 3. The Balaban J connectivity index is 2.29. The topological polar surface area (TPSA) is 50.7 Å². The predicted octanol–water partition coefficient (Wildman–Crippen LogP) is 2.56. The van der Waals surface area contributed by atoms with Crippen LogP contribution < -0.4 is 5.69 Å². The van der Waals surface area contributed by atoms with Crippen LogP contribution in [-0.2, 0) is 6.54 Å². The van der Waals surface area contributed by atoms with Gasteiger partial charge >= 0.3 is 5.69 Å². The molecule has 0 radical (unpaired) electrons. The number of aromatic nitrogens is 3. The van der Waals surface area contributed by atoms with Gasteiger partial charge in [0.2, 0.25) is 0 Å². The molecule has 0 bridgehead atoms. The molecule has 0 amide bonds. The van der Waals surface area contributed by atoms with E-state index in [2.05, 4.69) is 29.7 Å². The summed E-state index contributed by atoms with van der Waals surface area (Å²) in [6.45, 7) is 2.81. The van der Waals surface area contributed by atoms with Gasteiger partial charge in [-0.2, -0.15) is 12.6 Å². The zero-order valence-corrected chi connectivity index (χ0v) is 12.0. The first-order chi connectivity index (χ1) is 8.29. The van der Waals surface area contributed by atoms with E-state index in [9.17, 15) is 4.79 Å². The summed E-state index contributed by atoms with van der Waals surface area (Å²) < 4.78 is 1.72. The molecule has 0 aliphatic carbocycles. The highest BCUT2D eigenvalue weighted by molar-refractivity contribution is 7.99. The molecule has 0 aromatic carbocycles. The molecule has 0 fully saturated rings. The third-order valence-corrected chi connectivity index (χ3v) is 3.83. The summed E-state index contributed by atoms with van der Waals surface area (Å²) in [5, 5.41) is 7.38. The molecule has 0 atom stereocenters. The third-order valence-electron chi connectivity index (χ3n) is 2.45. The number of hydrogen-bond donors (Lipinski definition) is 2. The van der Waals surface area contributed by atoms with Gasteiger partial charge < -0.3 is 0 Å². The van der Waals surface area contributed by atoms with Crippen molar-refractivity contribution in [3.63, 3.8) is 0 Å². The highest BCUT2D eigenvalue weighted by atomic mass is 32.2. The Morgan fingerprint density at radius 1 is 1.35 bits per heavy atom. The van der Waals surface area contributed by atoms with Crippen molar-refractivity contribution >= 4 is 24.4 Å². The quantitative estimate of drug-likeness (QED) is 0.414. The van der Waals surface area contributed by atoms with Crippen molar-refractivity contribution in [2.24, 2.45) is 0 Å². The predicted molar refractivity (Wildman–Crippen MR) is 76.2 cm³/mol. The molecule has 0 spiro atoms. The molecule has 4 nitrogen and oxygen atoms in total. The summed E-state index contributed by atoms with van der Waals surface area (Å²) in [6.07, 6.45) is 5.79. The molecule has 1 rings (SSSR count). The lowest BCUT2D eigenvalue weighted by Gasteiger charge is -2.03. The third kappa shape index (κ3) is 5.21. The van der Waals surface area contributed by atoms with Gasteiger partial charge in [0.15, 0.2) is 5.16 Å². The van der Waals surface area contributed by atoms with Crippen LogP contribution in [0.3, 0.4) is 0 Å². The first-order valence-corrected chi connectivity index (χ1v) is 7.80. The maximum atomic E-state index is 11.4. The van der Waals surface area contributed by atoms with Gasteiger partial charge in [0.25, 0.3) is 0 Å². The van der Waals surface area contributed by atoms with Crippen LogP contribution in [-0.4, -0.2) is 26.3 Å². The average Bonchev–Trinajstić information content (AvgIpc) is 2.66. The Morgan fingerprint density at radius 2 is 2.12 bits per heavy atom. The minimum atomic E-state index is -0.0931. The van der Waals surface area contributed by atoms with Gasteiger partial charge in [-0.1, -0.05) is 31.5 Å². The normalized spacial score (nSPS) is 10.9. The molecule has 1 N–H and O–H groups in total. The average molecular weight is 275 g/mol. The minimum absolute atomic E-state index is 0.0931. The van der Waals surface area contributed by atoms with Crippen molar-refractivity contribution in [2.75, 3.05) is 11.5 Å². The first kappa shape index (κ1) is 14.7. The van der Waals surface area contributed by atoms with E-state index in [-0.39, 0.29) is 5.69 Å². The summed E-state index contributed by atoms with van der Waals surface area (Å²) in [7, 11) is 0. The lowest BCUT2D eigenvalue weighted by atomic mass is 10.2. The molecular weight excluding hydrogens is 254 g/mol. The lowest BCUT2D eigenvalue weighted by molar-refractivity contribution is 0.603. The van der Waals surface area contributed by atoms with Crippen LogP contribution in [0.25, 0.3) is 0 Å². The lowest BCUT2D eigenvalue weighted by Crippen LogP contribution is -2.17. The summed E-state index contributed by atoms with van der Waals surface area (Å²) in [4.78, 5) is 11.4. The SMILES string of the molecule is CCCn1c(SCCCCCCS)n[nH]c1=O. The maximum Gasteiger partial charge on any atom is 0.343 e. The molecule has 0 aliphatic heterocycles. The van der Waals surface area contributed by atoms with E-state index in [0.717, 1.165) is 29.6 Å². The smallest absolute Gasteiger partial charge is 0.270 e. The van der Waals surface area contributed by atoms with Gasteiger partial charge in [-0.05, 0) is 25.0 Å². The number of hydrogen-bond acceptors (Lipinski definition) is 4. The molecule has 1 aromatic heterocycles. The van der Waals surface area contributed by atoms with Crippen molar-refractivity contribution in [2.45, 2.75) is 50.7 Å². The summed E-state index contributed by atoms with van der Waals surface area (Å²) in [5.74, 6) is 2.00. The number of thioether (sulfide) groups is 1. The standard InChI is InChI=1S/C11H21N3OS2/c1-2-7-14-10(15)12-13-11(14)17-9-6-4-3-5-8-16/h16H,2-9H2,1H3,(H,12,15). The number of thiol groups is 1. The fraction of sp³-hybridized carbons (Fsp3) is 0.818. The number of nitrogens with one attached hydrogen (secondary N) is 1. The Hall–Kier alpha value is -0.360. The van der Waals surface area contributed by atoms with Crippen LogP contribution in [0.4, 0.5) is 0 Å². The number of rotatable bonds is 9. The van der Waals surface area contributed by atoms with E-state index in [4.69, 9.17) is 0 Å². The largest absolute Gasteiger partial charge is 0.343 e. The van der Waals surface area contributed by atoms with E-state index in [1.807, 2.05) is 0 Å². The molecule has 17 heavy (non-hydrogen) atoms. The van der Waals surface area contributed by atoms with Gasteiger partial charge in [-0.3, -0.25) is 4.57 Å². The molecule has 1 aromatic rings. The Morgan fingerprint density at radius 3 is 2.82 bits per heavy atom. The second kappa shape index (κ2) is 8.69. The Bertz CT molecular complexity index is 362. The summed E-state index contributed by atoms with van der Waals surface area (Å²) in [5.41, 5.74) is -0.0931. The zero-order valence-electron chi connectivity index (χ0n) is 10.3. The summed E-state index contributed by atoms with van der Waals surface area (Å²) in [6, 6.07) is 0. The first-order valence-electron chi connectivity index (χ1n) is 6.18. The van der Waals surface area contributed by atoms with Crippen molar-refractivity contribution in [3.05, 3.63) is 10.5 Å². The van der Waals surface area contributed by atoms with Crippen LogP contribution >= 0.6 is 24.4 Å². The highest BCUT2D eigenvalue weighted by Crippen LogP contribution is 2.16. The fourth-order valence-corrected chi connectivity index (χ4v) is 2.76. The number of nitrogens with zero attached hydrogens (tertiary/aromatic N) is 2. The monoisotopic (exact) mass is 275 g/mol. The molecule has 6 heteroatoms. The van der Waals surface area contributed by atoms with Crippen LogP contribution in [0.15, 0.2) is 9.95 Å². The summed E-state index contributed by atoms with van der Waals surface area (Å²) >= 11 is 5.85. The molecule has 98 valence electrons. The minimum Gasteiger partial charge on any atom is -0.270 e. The van der Waals surface area contributed by atoms with Gasteiger partial charge in [0.1, 0.15) is 0 Å². The second-order valence-corrected chi connectivity index (χ2v) is 5.46. The van der Waals surface area contributed by atoms with Crippen molar-refractivity contribution in [1.82, 2.24) is 14.8 Å². The van der Waals surface area contributed by atoms with E-state index >= 15 is 0 Å². The molecule has 0 aliphatic rings. The van der Waals surface area contributed by atoms with Crippen LogP contribution in [0.5, 0.6) is 0 Å².